The van der Waals surface area contributed by atoms with Crippen LogP contribution in [-0.4, -0.2) is 52.7 Å². The third-order valence-corrected chi connectivity index (χ3v) is 8.03. The molecule has 2 amide bonds. The minimum atomic E-state index is -0.416. The summed E-state index contributed by atoms with van der Waals surface area (Å²) in [6, 6.07) is 21.5. The second kappa shape index (κ2) is 12.8. The van der Waals surface area contributed by atoms with E-state index < -0.39 is 5.91 Å². The van der Waals surface area contributed by atoms with Gasteiger partial charge in [-0.05, 0) is 64.0 Å². The lowest BCUT2D eigenvalue weighted by Crippen LogP contribution is -2.41. The Hall–Kier alpha value is -3.86. The second-order valence-electron chi connectivity index (χ2n) is 9.42. The van der Waals surface area contributed by atoms with Crippen LogP contribution in [0.2, 0.25) is 5.02 Å². The number of nitrogens with one attached hydrogen (secondary N) is 1. The van der Waals surface area contributed by atoms with Crippen LogP contribution in [0.5, 0.6) is 5.75 Å². The largest absolute Gasteiger partial charge is 0.491 e. The number of imidazole rings is 1. The quantitative estimate of drug-likeness (QED) is 0.269. The minimum absolute atomic E-state index is 0.0844. The van der Waals surface area contributed by atoms with Crippen LogP contribution in [0.4, 0.5) is 0 Å². The number of nitrogens with zero attached hydrogens (tertiary/aromatic N) is 3. The van der Waals surface area contributed by atoms with Crippen LogP contribution >= 0.6 is 27.5 Å². The molecular formula is C30H28BrClN4O5. The lowest BCUT2D eigenvalue weighted by molar-refractivity contribution is 0.0706. The van der Waals surface area contributed by atoms with Gasteiger partial charge < -0.3 is 19.7 Å². The van der Waals surface area contributed by atoms with E-state index in [1.54, 1.807) is 59.0 Å². The summed E-state index contributed by atoms with van der Waals surface area (Å²) in [5.41, 5.74) is 2.15. The molecule has 0 bridgehead atoms. The molecule has 0 saturated carbocycles. The van der Waals surface area contributed by atoms with Crippen molar-refractivity contribution in [3.8, 4) is 11.4 Å². The molecule has 1 aliphatic heterocycles. The highest BCUT2D eigenvalue weighted by Gasteiger charge is 2.32. The van der Waals surface area contributed by atoms with E-state index in [0.717, 1.165) is 5.56 Å². The molecule has 1 aliphatic rings. The lowest BCUT2D eigenvalue weighted by Gasteiger charge is -2.28. The van der Waals surface area contributed by atoms with Gasteiger partial charge in [0.25, 0.3) is 11.8 Å². The van der Waals surface area contributed by atoms with E-state index in [2.05, 4.69) is 21.2 Å². The highest BCUT2D eigenvalue weighted by Crippen LogP contribution is 2.26. The predicted octanol–water partition coefficient (Wildman–Crippen LogP) is 4.67. The number of hydrogen-bond donors (Lipinski definition) is 1. The Labute approximate surface area is 250 Å². The Morgan fingerprint density at radius 1 is 1.00 bits per heavy atom. The summed E-state index contributed by atoms with van der Waals surface area (Å²) in [4.78, 5) is 42.5. The van der Waals surface area contributed by atoms with Gasteiger partial charge in [-0.1, -0.05) is 41.9 Å². The fourth-order valence-electron chi connectivity index (χ4n) is 4.71. The van der Waals surface area contributed by atoms with Gasteiger partial charge in [-0.25, -0.2) is 4.79 Å². The van der Waals surface area contributed by atoms with Gasteiger partial charge in [0.15, 0.2) is 0 Å². The molecular weight excluding hydrogens is 612 g/mol. The molecule has 1 N–H and O–H groups in total. The summed E-state index contributed by atoms with van der Waals surface area (Å²) in [5, 5.41) is 3.37. The fourth-order valence-corrected chi connectivity index (χ4v) is 5.14. The zero-order valence-electron chi connectivity index (χ0n) is 22.3. The summed E-state index contributed by atoms with van der Waals surface area (Å²) in [5.74, 6) is -0.0389. The molecule has 2 heterocycles. The van der Waals surface area contributed by atoms with Crippen LogP contribution in [0.1, 0.15) is 32.1 Å². The smallest absolute Gasteiger partial charge is 0.333 e. The Morgan fingerprint density at radius 2 is 1.76 bits per heavy atom. The maximum atomic E-state index is 13.7. The highest BCUT2D eigenvalue weighted by molar-refractivity contribution is 9.10. The summed E-state index contributed by atoms with van der Waals surface area (Å²) in [7, 11) is 1.60. The summed E-state index contributed by atoms with van der Waals surface area (Å²) in [6.07, 6.45) is 0. The van der Waals surface area contributed by atoms with E-state index in [0.29, 0.717) is 51.9 Å². The number of aromatic nitrogens is 2. The van der Waals surface area contributed by atoms with Crippen molar-refractivity contribution in [2.75, 3.05) is 26.9 Å². The van der Waals surface area contributed by atoms with E-state index in [1.807, 2.05) is 30.3 Å². The minimum Gasteiger partial charge on any atom is -0.491 e. The van der Waals surface area contributed by atoms with Crippen molar-refractivity contribution < 1.29 is 19.1 Å². The average molecular weight is 640 g/mol. The first kappa shape index (κ1) is 28.7. The third kappa shape index (κ3) is 6.24. The molecule has 0 saturated heterocycles. The first-order valence-corrected chi connectivity index (χ1v) is 14.2. The molecule has 212 valence electrons. The normalized spacial score (nSPS) is 12.6. The summed E-state index contributed by atoms with van der Waals surface area (Å²) in [6.45, 7) is 1.75. The molecule has 4 aromatic rings. The standard InChI is InChI=1S/C30H28BrClN4O5/c1-40-15-16-41-23-10-8-22(9-11-23)36-27(28(37)33-18-20-5-3-2-4-6-20)26-19-34(13-14-35(26)30(36)39)29(38)21-7-12-24(31)25(32)17-21/h2-12,17H,13-16,18-19H2,1H3,(H,33,37). The maximum Gasteiger partial charge on any atom is 0.333 e. The molecule has 3 aromatic carbocycles. The van der Waals surface area contributed by atoms with Crippen molar-refractivity contribution in [1.29, 1.82) is 0 Å². The number of hydrogen-bond acceptors (Lipinski definition) is 5. The fraction of sp³-hybridized carbons (Fsp3) is 0.233. The molecule has 9 nitrogen and oxygen atoms in total. The van der Waals surface area contributed by atoms with Gasteiger partial charge in [0.05, 0.1) is 29.6 Å². The van der Waals surface area contributed by atoms with Crippen LogP contribution in [0, 0.1) is 0 Å². The molecule has 11 heteroatoms. The Bertz CT molecular complexity index is 1620. The van der Waals surface area contributed by atoms with E-state index in [-0.39, 0.29) is 36.9 Å². The van der Waals surface area contributed by atoms with Gasteiger partial charge in [-0.3, -0.25) is 18.7 Å². The topological polar surface area (TPSA) is 94.8 Å². The number of carbonyl (C=O) groups is 2. The molecule has 0 unspecified atom stereocenters. The number of rotatable bonds is 9. The van der Waals surface area contributed by atoms with Crippen LogP contribution in [0.25, 0.3) is 5.69 Å². The van der Waals surface area contributed by atoms with Crippen LogP contribution in [0.3, 0.4) is 0 Å². The van der Waals surface area contributed by atoms with Crippen molar-refractivity contribution in [3.63, 3.8) is 0 Å². The number of amides is 2. The van der Waals surface area contributed by atoms with E-state index in [9.17, 15) is 14.4 Å². The summed E-state index contributed by atoms with van der Waals surface area (Å²) >= 11 is 9.58. The molecule has 0 fully saturated rings. The number of fused-ring (bicyclic) bond motifs is 1. The zero-order chi connectivity index (χ0) is 28.9. The van der Waals surface area contributed by atoms with Crippen molar-refractivity contribution in [2.24, 2.45) is 0 Å². The van der Waals surface area contributed by atoms with Gasteiger partial charge in [0.2, 0.25) is 0 Å². The predicted molar refractivity (Wildman–Crippen MR) is 159 cm³/mol. The monoisotopic (exact) mass is 638 g/mol. The van der Waals surface area contributed by atoms with Crippen molar-refractivity contribution in [1.82, 2.24) is 19.4 Å². The number of halogens is 2. The van der Waals surface area contributed by atoms with Crippen LogP contribution in [0.15, 0.2) is 82.1 Å². The Kier molecular flexibility index (Phi) is 8.92. The van der Waals surface area contributed by atoms with Crippen LogP contribution in [-0.2, 0) is 24.4 Å². The molecule has 5 rings (SSSR count). The Balaban J connectivity index is 1.50. The average Bonchev–Trinajstić information content (AvgIpc) is 3.29. The van der Waals surface area contributed by atoms with E-state index >= 15 is 0 Å². The lowest BCUT2D eigenvalue weighted by atomic mass is 10.1. The van der Waals surface area contributed by atoms with Crippen LogP contribution < -0.4 is 15.7 Å². The van der Waals surface area contributed by atoms with Gasteiger partial charge in [0.1, 0.15) is 18.1 Å². The van der Waals surface area contributed by atoms with E-state index in [1.165, 1.54) is 4.57 Å². The second-order valence-corrected chi connectivity index (χ2v) is 10.7. The first-order valence-electron chi connectivity index (χ1n) is 13.0. The Morgan fingerprint density at radius 3 is 2.46 bits per heavy atom. The van der Waals surface area contributed by atoms with Gasteiger partial charge in [-0.2, -0.15) is 0 Å². The van der Waals surface area contributed by atoms with Crippen molar-refractivity contribution >= 4 is 39.3 Å². The third-order valence-electron chi connectivity index (χ3n) is 6.79. The van der Waals surface area contributed by atoms with Gasteiger partial charge >= 0.3 is 5.69 Å². The molecule has 0 spiro atoms. The molecule has 41 heavy (non-hydrogen) atoms. The molecule has 0 aliphatic carbocycles. The summed E-state index contributed by atoms with van der Waals surface area (Å²) < 4.78 is 14.3. The zero-order valence-corrected chi connectivity index (χ0v) is 24.7. The number of methoxy groups -OCH3 is 1. The maximum absolute atomic E-state index is 13.7. The number of ether oxygens (including phenoxy) is 2. The molecule has 0 radical (unpaired) electrons. The SMILES string of the molecule is COCCOc1ccc(-n2c(C(=O)NCc3ccccc3)c3n(c2=O)CCN(C(=O)c2ccc(Br)c(Cl)c2)C3)cc1. The molecule has 0 atom stereocenters. The van der Waals surface area contributed by atoms with Gasteiger partial charge in [0, 0.05) is 36.8 Å². The first-order chi connectivity index (χ1) is 19.9. The molecule has 1 aromatic heterocycles. The van der Waals surface area contributed by atoms with E-state index in [4.69, 9.17) is 21.1 Å². The van der Waals surface area contributed by atoms with Gasteiger partial charge in [-0.15, -0.1) is 0 Å². The van der Waals surface area contributed by atoms with Crippen molar-refractivity contribution in [2.45, 2.75) is 19.6 Å². The number of benzene rings is 3. The number of carbonyl (C=O) groups excluding carboxylic acids is 2. The highest BCUT2D eigenvalue weighted by atomic mass is 79.9. The van der Waals surface area contributed by atoms with Crippen molar-refractivity contribution in [3.05, 3.63) is 115 Å².